The second-order valence-corrected chi connectivity index (χ2v) is 4.94. The Hall–Kier alpha value is -1.85. The maximum Gasteiger partial charge on any atom is 0.127 e. The Morgan fingerprint density at radius 1 is 1.30 bits per heavy atom. The molecule has 0 saturated carbocycles. The number of nitrogens with one attached hydrogen (secondary N) is 1. The average Bonchev–Trinajstić information content (AvgIpc) is 2.93. The fourth-order valence-electron chi connectivity index (χ4n) is 2.21. The fourth-order valence-corrected chi connectivity index (χ4v) is 2.21. The summed E-state index contributed by atoms with van der Waals surface area (Å²) in [7, 11) is 0. The molecule has 0 fully saturated rings. The van der Waals surface area contributed by atoms with Crippen molar-refractivity contribution in [2.45, 2.75) is 46.8 Å². The summed E-state index contributed by atoms with van der Waals surface area (Å²) in [4.78, 5) is 0. The number of hydrogen-bond acceptors (Lipinski definition) is 3. The largest absolute Gasteiger partial charge is 0.366 e. The maximum absolute atomic E-state index is 12.5. The van der Waals surface area contributed by atoms with Gasteiger partial charge in [-0.1, -0.05) is 6.92 Å². The lowest BCUT2D eigenvalue weighted by atomic mass is 10.2. The molecule has 2 aromatic heterocycles. The van der Waals surface area contributed by atoms with Crippen LogP contribution in [0.5, 0.6) is 0 Å². The zero-order chi connectivity index (χ0) is 14.5. The van der Waals surface area contributed by atoms with Crippen LogP contribution in [0.3, 0.4) is 0 Å². The molecule has 5 nitrogen and oxygen atoms in total. The summed E-state index contributed by atoms with van der Waals surface area (Å²) in [5.74, 6) is 0.880. The van der Waals surface area contributed by atoms with Gasteiger partial charge >= 0.3 is 0 Å². The van der Waals surface area contributed by atoms with E-state index in [1.807, 2.05) is 18.5 Å². The lowest BCUT2D eigenvalue weighted by molar-refractivity contribution is 0.429. The quantitative estimate of drug-likeness (QED) is 0.847. The molecule has 0 aliphatic heterocycles. The summed E-state index contributed by atoms with van der Waals surface area (Å²) in [5, 5.41) is 12.0. The smallest absolute Gasteiger partial charge is 0.127 e. The van der Waals surface area contributed by atoms with Crippen molar-refractivity contribution in [1.29, 1.82) is 0 Å². The van der Waals surface area contributed by atoms with E-state index >= 15 is 0 Å². The number of aromatic nitrogens is 4. The Morgan fingerprint density at radius 3 is 2.80 bits per heavy atom. The van der Waals surface area contributed by atoms with Gasteiger partial charge in [0.2, 0.25) is 0 Å². The molecule has 2 aromatic rings. The highest BCUT2D eigenvalue weighted by atomic mass is 19.1. The molecule has 6 heteroatoms. The molecule has 0 amide bonds. The molecule has 1 N–H and O–H groups in total. The molecule has 0 saturated heterocycles. The van der Waals surface area contributed by atoms with Crippen molar-refractivity contribution >= 4 is 5.82 Å². The molecule has 0 aliphatic rings. The minimum Gasteiger partial charge on any atom is -0.366 e. The van der Waals surface area contributed by atoms with Crippen LogP contribution in [0.15, 0.2) is 12.4 Å². The van der Waals surface area contributed by atoms with Crippen molar-refractivity contribution in [2.75, 3.05) is 12.0 Å². The van der Waals surface area contributed by atoms with Gasteiger partial charge in [-0.05, 0) is 20.3 Å². The topological polar surface area (TPSA) is 47.7 Å². The summed E-state index contributed by atoms with van der Waals surface area (Å²) in [6, 6.07) is 0. The highest BCUT2D eigenvalue weighted by Crippen LogP contribution is 2.16. The van der Waals surface area contributed by atoms with Crippen molar-refractivity contribution in [3.8, 4) is 0 Å². The predicted molar refractivity (Wildman–Crippen MR) is 77.5 cm³/mol. The molecule has 0 aliphatic carbocycles. The summed E-state index contributed by atoms with van der Waals surface area (Å²) < 4.78 is 16.1. The van der Waals surface area contributed by atoms with E-state index in [0.717, 1.165) is 35.6 Å². The van der Waals surface area contributed by atoms with Crippen LogP contribution in [0.25, 0.3) is 0 Å². The second kappa shape index (κ2) is 6.54. The molecule has 0 atom stereocenters. The van der Waals surface area contributed by atoms with E-state index < -0.39 is 6.67 Å². The monoisotopic (exact) mass is 279 g/mol. The third-order valence-electron chi connectivity index (χ3n) is 3.27. The first-order valence-corrected chi connectivity index (χ1v) is 7.00. The number of halogens is 1. The first-order chi connectivity index (χ1) is 9.65. The third kappa shape index (κ3) is 3.18. The maximum atomic E-state index is 12.5. The van der Waals surface area contributed by atoms with Gasteiger partial charge in [-0.15, -0.1) is 0 Å². The predicted octanol–water partition coefficient (Wildman–Crippen LogP) is 2.69. The van der Waals surface area contributed by atoms with Crippen LogP contribution in [-0.4, -0.2) is 26.2 Å². The standard InChI is InChI=1S/C14H22FN5/c1-4-6-19-10-13(12(3)18-19)9-16-14-11(2)8-17-20(14)7-5-15/h8,10,16H,4-7,9H2,1-3H3. The summed E-state index contributed by atoms with van der Waals surface area (Å²) in [5.41, 5.74) is 3.21. The number of anilines is 1. The Balaban J connectivity index is 2.06. The van der Waals surface area contributed by atoms with Gasteiger partial charge in [-0.2, -0.15) is 10.2 Å². The van der Waals surface area contributed by atoms with E-state index in [1.165, 1.54) is 0 Å². The minimum atomic E-state index is -0.413. The van der Waals surface area contributed by atoms with Crippen molar-refractivity contribution in [3.05, 3.63) is 29.2 Å². The summed E-state index contributed by atoms with van der Waals surface area (Å²) >= 11 is 0. The number of rotatable bonds is 7. The van der Waals surface area contributed by atoms with Crippen LogP contribution in [0.1, 0.15) is 30.2 Å². The van der Waals surface area contributed by atoms with Crippen molar-refractivity contribution in [2.24, 2.45) is 0 Å². The van der Waals surface area contributed by atoms with E-state index in [0.29, 0.717) is 6.54 Å². The van der Waals surface area contributed by atoms with Gasteiger partial charge in [-0.25, -0.2) is 9.07 Å². The Morgan fingerprint density at radius 2 is 2.10 bits per heavy atom. The Bertz CT molecular complexity index is 558. The van der Waals surface area contributed by atoms with Crippen LogP contribution in [-0.2, 0) is 19.6 Å². The normalized spacial score (nSPS) is 11.0. The van der Waals surface area contributed by atoms with Crippen LogP contribution in [0.4, 0.5) is 10.2 Å². The highest BCUT2D eigenvalue weighted by molar-refractivity contribution is 5.43. The lowest BCUT2D eigenvalue weighted by Gasteiger charge is -2.09. The molecule has 110 valence electrons. The van der Waals surface area contributed by atoms with Gasteiger partial charge in [0.05, 0.1) is 18.4 Å². The number of alkyl halides is 1. The van der Waals surface area contributed by atoms with E-state index in [4.69, 9.17) is 0 Å². The molecular formula is C14H22FN5. The third-order valence-corrected chi connectivity index (χ3v) is 3.27. The van der Waals surface area contributed by atoms with Gasteiger partial charge in [0.1, 0.15) is 12.5 Å². The number of nitrogens with zero attached hydrogens (tertiary/aromatic N) is 4. The van der Waals surface area contributed by atoms with Crippen LogP contribution >= 0.6 is 0 Å². The molecule has 2 rings (SSSR count). The first-order valence-electron chi connectivity index (χ1n) is 7.00. The lowest BCUT2D eigenvalue weighted by Crippen LogP contribution is -2.10. The van der Waals surface area contributed by atoms with Crippen LogP contribution < -0.4 is 5.32 Å². The summed E-state index contributed by atoms with van der Waals surface area (Å²) in [6.07, 6.45) is 4.89. The molecule has 20 heavy (non-hydrogen) atoms. The Labute approximate surface area is 118 Å². The van der Waals surface area contributed by atoms with Crippen LogP contribution in [0.2, 0.25) is 0 Å². The molecular weight excluding hydrogens is 257 g/mol. The molecule has 0 aromatic carbocycles. The van der Waals surface area contributed by atoms with Crippen molar-refractivity contribution in [3.63, 3.8) is 0 Å². The molecule has 0 radical (unpaired) electrons. The average molecular weight is 279 g/mol. The van der Waals surface area contributed by atoms with Crippen LogP contribution in [0, 0.1) is 13.8 Å². The van der Waals surface area contributed by atoms with Gasteiger partial charge in [0.25, 0.3) is 0 Å². The minimum absolute atomic E-state index is 0.282. The molecule has 0 bridgehead atoms. The van der Waals surface area contributed by atoms with Gasteiger partial charge < -0.3 is 5.32 Å². The highest BCUT2D eigenvalue weighted by Gasteiger charge is 2.09. The number of hydrogen-bond donors (Lipinski definition) is 1. The zero-order valence-corrected chi connectivity index (χ0v) is 12.4. The van der Waals surface area contributed by atoms with E-state index in [1.54, 1.807) is 10.9 Å². The zero-order valence-electron chi connectivity index (χ0n) is 12.4. The van der Waals surface area contributed by atoms with E-state index in [-0.39, 0.29) is 6.54 Å². The van der Waals surface area contributed by atoms with Gasteiger partial charge in [0.15, 0.2) is 0 Å². The van der Waals surface area contributed by atoms with E-state index in [2.05, 4.69) is 28.6 Å². The summed E-state index contributed by atoms with van der Waals surface area (Å²) in [6.45, 7) is 7.58. The Kier molecular flexibility index (Phi) is 4.76. The van der Waals surface area contributed by atoms with Crippen molar-refractivity contribution < 1.29 is 4.39 Å². The van der Waals surface area contributed by atoms with E-state index in [9.17, 15) is 4.39 Å². The first kappa shape index (κ1) is 14.6. The molecule has 0 unspecified atom stereocenters. The van der Waals surface area contributed by atoms with Gasteiger partial charge in [0, 0.05) is 30.4 Å². The second-order valence-electron chi connectivity index (χ2n) is 4.94. The molecule has 0 spiro atoms. The molecule has 2 heterocycles. The number of aryl methyl sites for hydroxylation is 4. The SMILES string of the molecule is CCCn1cc(CNc2c(C)cnn2CCF)c(C)n1. The van der Waals surface area contributed by atoms with Crippen molar-refractivity contribution in [1.82, 2.24) is 19.6 Å². The van der Waals surface area contributed by atoms with Gasteiger partial charge in [-0.3, -0.25) is 4.68 Å². The fraction of sp³-hybridized carbons (Fsp3) is 0.571.